The Balaban J connectivity index is 1.23. The lowest BCUT2D eigenvalue weighted by molar-refractivity contribution is -0.172. The van der Waals surface area contributed by atoms with Crippen LogP contribution >= 0.6 is 22.6 Å². The highest BCUT2D eigenvalue weighted by atomic mass is 127. The van der Waals surface area contributed by atoms with Gasteiger partial charge in [0.05, 0.1) is 19.0 Å². The fourth-order valence-electron chi connectivity index (χ4n) is 6.50. The molecule has 0 amide bonds. The number of hydrogen-bond acceptors (Lipinski definition) is 8. The summed E-state index contributed by atoms with van der Waals surface area (Å²) in [6, 6.07) is 10.7. The number of hydrogen-bond donors (Lipinski definition) is 1. The standard InChI is InChI=1S/C26H28IN5O4/c1-4-34-23(33)26-11-15(26)18(19-20(26)36-25(2,3)35-19)32-12-28-17-21(30-24(27)31-22(17)32)29-16-10-14(16)13-8-6-5-7-9-13/h5-9,12,14-16,18-20H,4,10-11H2,1-3H3,(H,29,30,31)/t14?,15-,16?,18-,19+,20+,26?/m1/s1. The number of nitrogens with zero attached hydrogens (tertiary/aromatic N) is 4. The third kappa shape index (κ3) is 3.33. The van der Waals surface area contributed by atoms with Gasteiger partial charge in [-0.05, 0) is 39.2 Å². The first kappa shape index (κ1) is 22.9. The van der Waals surface area contributed by atoms with Crippen LogP contribution in [0, 0.1) is 15.2 Å². The summed E-state index contributed by atoms with van der Waals surface area (Å²) in [4.78, 5) is 27.3. The molecule has 1 aromatic carbocycles. The molecule has 0 radical (unpaired) electrons. The van der Waals surface area contributed by atoms with Crippen LogP contribution in [-0.4, -0.2) is 56.1 Å². The van der Waals surface area contributed by atoms with Crippen LogP contribution in [0.15, 0.2) is 36.7 Å². The third-order valence-electron chi connectivity index (χ3n) is 8.16. The molecule has 7 atom stereocenters. The fraction of sp³-hybridized carbons (Fsp3) is 0.538. The van der Waals surface area contributed by atoms with Crippen LogP contribution in [-0.2, 0) is 19.0 Å². The van der Waals surface area contributed by atoms with Crippen LogP contribution in [0.4, 0.5) is 5.82 Å². The van der Waals surface area contributed by atoms with Gasteiger partial charge in [-0.25, -0.2) is 15.0 Å². The van der Waals surface area contributed by atoms with Gasteiger partial charge >= 0.3 is 5.97 Å². The van der Waals surface area contributed by atoms with Gasteiger partial charge in [0.2, 0.25) is 0 Å². The Morgan fingerprint density at radius 1 is 1.25 bits per heavy atom. The molecule has 1 N–H and O–H groups in total. The zero-order chi connectivity index (χ0) is 24.8. The van der Waals surface area contributed by atoms with Gasteiger partial charge in [-0.3, -0.25) is 4.79 Å². The first-order valence-electron chi connectivity index (χ1n) is 12.6. The lowest BCUT2D eigenvalue weighted by atomic mass is 9.99. The minimum Gasteiger partial charge on any atom is -0.465 e. The first-order chi connectivity index (χ1) is 17.3. The van der Waals surface area contributed by atoms with Crippen molar-refractivity contribution in [1.29, 1.82) is 0 Å². The fourth-order valence-corrected chi connectivity index (χ4v) is 6.97. The van der Waals surface area contributed by atoms with Crippen LogP contribution < -0.4 is 5.32 Å². The van der Waals surface area contributed by atoms with E-state index in [0.717, 1.165) is 23.4 Å². The number of fused-ring (bicyclic) bond motifs is 4. The first-order valence-corrected chi connectivity index (χ1v) is 13.6. The number of carbonyl (C=O) groups is 1. The third-order valence-corrected chi connectivity index (χ3v) is 8.64. The second-order valence-corrected chi connectivity index (χ2v) is 11.7. The van der Waals surface area contributed by atoms with Crippen LogP contribution in [0.1, 0.15) is 51.1 Å². The number of ether oxygens (including phenoxy) is 3. The van der Waals surface area contributed by atoms with E-state index in [1.807, 2.05) is 33.2 Å². The molecular weight excluding hydrogens is 573 g/mol. The molecule has 36 heavy (non-hydrogen) atoms. The van der Waals surface area contributed by atoms with E-state index < -0.39 is 11.2 Å². The van der Waals surface area contributed by atoms with Gasteiger partial charge in [-0.2, -0.15) is 0 Å². The van der Waals surface area contributed by atoms with Crippen molar-refractivity contribution in [3.8, 4) is 0 Å². The Hall–Kier alpha value is -2.31. The minimum atomic E-state index is -0.772. The molecule has 1 saturated heterocycles. The van der Waals surface area contributed by atoms with E-state index in [2.05, 4.69) is 56.7 Å². The van der Waals surface area contributed by atoms with Gasteiger partial charge in [-0.15, -0.1) is 0 Å². The maximum absolute atomic E-state index is 13.1. The molecule has 1 aliphatic heterocycles. The van der Waals surface area contributed by atoms with Crippen molar-refractivity contribution in [2.24, 2.45) is 11.3 Å². The normalized spacial score (nSPS) is 35.3. The summed E-state index contributed by atoms with van der Waals surface area (Å²) in [5.41, 5.74) is 2.14. The number of nitrogens with one attached hydrogen (secondary N) is 1. The largest absolute Gasteiger partial charge is 0.465 e. The number of carbonyl (C=O) groups excluding carboxylic acids is 1. The van der Waals surface area contributed by atoms with Gasteiger partial charge in [-0.1, -0.05) is 30.3 Å². The molecule has 0 bridgehead atoms. The smallest absolute Gasteiger partial charge is 0.315 e. The van der Waals surface area contributed by atoms with E-state index in [4.69, 9.17) is 29.2 Å². The Morgan fingerprint density at radius 3 is 2.83 bits per heavy atom. The number of rotatable bonds is 6. The molecule has 3 heterocycles. The maximum atomic E-state index is 13.1. The molecule has 3 saturated carbocycles. The average Bonchev–Trinajstić information content (AvgIpc) is 3.67. The number of aromatic nitrogens is 4. The summed E-state index contributed by atoms with van der Waals surface area (Å²) in [5, 5.41) is 3.61. The van der Waals surface area contributed by atoms with Crippen molar-refractivity contribution < 1.29 is 19.0 Å². The van der Waals surface area contributed by atoms with Gasteiger partial charge in [0, 0.05) is 40.5 Å². The zero-order valence-electron chi connectivity index (χ0n) is 20.3. The highest BCUT2D eigenvalue weighted by Crippen LogP contribution is 2.72. The molecule has 2 aromatic heterocycles. The molecule has 4 fully saturated rings. The molecule has 0 spiro atoms. The summed E-state index contributed by atoms with van der Waals surface area (Å²) in [7, 11) is 0. The highest BCUT2D eigenvalue weighted by Gasteiger charge is 2.80. The van der Waals surface area contributed by atoms with E-state index in [1.165, 1.54) is 5.56 Å². The van der Waals surface area contributed by atoms with Crippen LogP contribution in [0.25, 0.3) is 11.2 Å². The van der Waals surface area contributed by atoms with Crippen molar-refractivity contribution in [1.82, 2.24) is 19.5 Å². The van der Waals surface area contributed by atoms with Crippen molar-refractivity contribution in [2.45, 2.75) is 69.6 Å². The number of halogens is 1. The number of imidazole rings is 1. The lowest BCUT2D eigenvalue weighted by Gasteiger charge is -2.24. The predicted molar refractivity (Wildman–Crippen MR) is 139 cm³/mol. The molecule has 3 aliphatic carbocycles. The maximum Gasteiger partial charge on any atom is 0.315 e. The van der Waals surface area contributed by atoms with Crippen molar-refractivity contribution in [2.75, 3.05) is 11.9 Å². The Kier molecular flexibility index (Phi) is 4.98. The van der Waals surface area contributed by atoms with Gasteiger partial charge in [0.1, 0.15) is 17.6 Å². The molecule has 7 rings (SSSR count). The van der Waals surface area contributed by atoms with E-state index in [-0.39, 0.29) is 30.1 Å². The number of esters is 1. The Morgan fingerprint density at radius 2 is 2.06 bits per heavy atom. The van der Waals surface area contributed by atoms with E-state index in [1.54, 1.807) is 0 Å². The highest BCUT2D eigenvalue weighted by molar-refractivity contribution is 14.1. The van der Waals surface area contributed by atoms with E-state index in [9.17, 15) is 4.79 Å². The van der Waals surface area contributed by atoms with Crippen LogP contribution in [0.2, 0.25) is 0 Å². The van der Waals surface area contributed by atoms with Crippen LogP contribution in [0.5, 0.6) is 0 Å². The average molecular weight is 601 g/mol. The van der Waals surface area contributed by atoms with Crippen molar-refractivity contribution in [3.05, 3.63) is 46.1 Å². The topological polar surface area (TPSA) is 100 Å². The molecule has 10 heteroatoms. The summed E-state index contributed by atoms with van der Waals surface area (Å²) in [6.45, 7) is 5.98. The Labute approximate surface area is 222 Å². The Bertz CT molecular complexity index is 1360. The summed E-state index contributed by atoms with van der Waals surface area (Å²) in [5.74, 6) is 0.304. The molecule has 3 aromatic rings. The van der Waals surface area contributed by atoms with E-state index >= 15 is 0 Å². The van der Waals surface area contributed by atoms with Crippen molar-refractivity contribution >= 4 is 45.5 Å². The number of anilines is 1. The lowest BCUT2D eigenvalue weighted by Crippen LogP contribution is -2.36. The summed E-state index contributed by atoms with van der Waals surface area (Å²) < 4.78 is 20.9. The SMILES string of the molecule is CCOC(=O)C12C[C@@H]1[C@@H](n1cnc3c(NC4CC4c4ccccc4)nc(I)nc31)[C@@H]1OC(C)(C)O[C@@H]12. The molecule has 188 valence electrons. The second-order valence-electron chi connectivity index (χ2n) is 10.8. The predicted octanol–water partition coefficient (Wildman–Crippen LogP) is 4.04. The van der Waals surface area contributed by atoms with Gasteiger partial charge in [0.15, 0.2) is 26.6 Å². The van der Waals surface area contributed by atoms with Crippen LogP contribution in [0.3, 0.4) is 0 Å². The number of benzene rings is 1. The van der Waals surface area contributed by atoms with Gasteiger partial charge < -0.3 is 24.1 Å². The van der Waals surface area contributed by atoms with E-state index in [0.29, 0.717) is 28.8 Å². The monoisotopic (exact) mass is 601 g/mol. The van der Waals surface area contributed by atoms with Gasteiger partial charge in [0.25, 0.3) is 0 Å². The quantitative estimate of drug-likeness (QED) is 0.257. The molecule has 3 unspecified atom stereocenters. The van der Waals surface area contributed by atoms with Crippen molar-refractivity contribution in [3.63, 3.8) is 0 Å². The second kappa shape index (κ2) is 7.84. The molecular formula is C26H28IN5O4. The zero-order valence-corrected chi connectivity index (χ0v) is 22.5. The summed E-state index contributed by atoms with van der Waals surface area (Å²) >= 11 is 2.16. The molecule has 9 nitrogen and oxygen atoms in total. The molecule has 4 aliphatic rings. The minimum absolute atomic E-state index is 0.0509. The summed E-state index contributed by atoms with van der Waals surface area (Å²) in [6.07, 6.45) is 2.96.